The molecule has 3 atom stereocenters. The summed E-state index contributed by atoms with van der Waals surface area (Å²) in [6, 6.07) is 15.3. The number of nitrogens with one attached hydrogen (secondary N) is 1. The molecule has 1 unspecified atom stereocenters. The van der Waals surface area contributed by atoms with E-state index in [1.165, 1.54) is 27.4 Å². The summed E-state index contributed by atoms with van der Waals surface area (Å²) in [5.41, 5.74) is 6.08. The molecule has 2 aromatic heterocycles. The van der Waals surface area contributed by atoms with Crippen molar-refractivity contribution in [3.05, 3.63) is 70.9 Å². The van der Waals surface area contributed by atoms with Crippen molar-refractivity contribution in [3.63, 3.8) is 0 Å². The molecule has 5 heterocycles. The Bertz CT molecular complexity index is 1710. The Labute approximate surface area is 265 Å². The lowest BCUT2D eigenvalue weighted by atomic mass is 9.92. The third-order valence-corrected chi connectivity index (χ3v) is 10.2. The lowest BCUT2D eigenvalue weighted by Gasteiger charge is -2.46. The van der Waals surface area contributed by atoms with Crippen molar-refractivity contribution < 1.29 is 19.8 Å². The average molecular weight is 628 g/mol. The van der Waals surface area contributed by atoms with E-state index in [1.807, 2.05) is 35.2 Å². The standard InChI is InChI=1S/C33H37N7O4S/c1-20(41)38-13-10-23(11-14-38)35-29-15-26(36-32(37-29)24-7-4-8-25-31(24)45-19-34-25)33(44)40-17-27(42)30(28(43)18-40)39-12-9-21-5-2-3-6-22(21)16-39/h2-8,15,19,23,27-28,30,42-43H,9-14,16-18H2,1H3,(H,35,36,37)/t27-,28+,30?. The van der Waals surface area contributed by atoms with Gasteiger partial charge in [-0.2, -0.15) is 0 Å². The molecule has 0 spiro atoms. The van der Waals surface area contributed by atoms with Crippen molar-refractivity contribution in [3.8, 4) is 11.4 Å². The molecule has 0 bridgehead atoms. The number of likely N-dealkylation sites (tertiary alicyclic amines) is 2. The number of carbonyl (C=O) groups is 2. The molecule has 2 amide bonds. The number of anilines is 1. The first kappa shape index (κ1) is 29.7. The van der Waals surface area contributed by atoms with Crippen molar-refractivity contribution in [1.29, 1.82) is 0 Å². The number of nitrogens with zero attached hydrogens (tertiary/aromatic N) is 6. The quantitative estimate of drug-likeness (QED) is 0.305. The van der Waals surface area contributed by atoms with Crippen LogP contribution in [0.5, 0.6) is 0 Å². The van der Waals surface area contributed by atoms with E-state index in [4.69, 9.17) is 9.97 Å². The van der Waals surface area contributed by atoms with Crippen LogP contribution in [0, 0.1) is 0 Å². The van der Waals surface area contributed by atoms with Gasteiger partial charge < -0.3 is 25.3 Å². The Morgan fingerprint density at radius 3 is 2.44 bits per heavy atom. The van der Waals surface area contributed by atoms with Gasteiger partial charge in [-0.25, -0.2) is 15.0 Å². The number of piperidine rings is 2. The fourth-order valence-corrected chi connectivity index (χ4v) is 7.75. The molecular weight excluding hydrogens is 590 g/mol. The Balaban J connectivity index is 1.14. The molecule has 45 heavy (non-hydrogen) atoms. The van der Waals surface area contributed by atoms with Crippen LogP contribution in [0.3, 0.4) is 0 Å². The van der Waals surface area contributed by atoms with Crippen molar-refractivity contribution >= 4 is 39.2 Å². The molecule has 7 rings (SSSR count). The summed E-state index contributed by atoms with van der Waals surface area (Å²) >= 11 is 1.49. The summed E-state index contributed by atoms with van der Waals surface area (Å²) in [6.07, 6.45) is 0.548. The van der Waals surface area contributed by atoms with Crippen LogP contribution in [-0.2, 0) is 17.8 Å². The maximum Gasteiger partial charge on any atom is 0.272 e. The lowest BCUT2D eigenvalue weighted by Crippen LogP contribution is -2.63. The third kappa shape index (κ3) is 6.02. The van der Waals surface area contributed by atoms with Gasteiger partial charge in [0.05, 0.1) is 34.0 Å². The van der Waals surface area contributed by atoms with Crippen LogP contribution in [0.4, 0.5) is 5.82 Å². The zero-order chi connectivity index (χ0) is 31.1. The number of carbonyl (C=O) groups excluding carboxylic acids is 2. The second-order valence-corrected chi connectivity index (χ2v) is 13.1. The zero-order valence-electron chi connectivity index (χ0n) is 25.2. The lowest BCUT2D eigenvalue weighted by molar-refractivity contribution is -0.129. The zero-order valence-corrected chi connectivity index (χ0v) is 26.0. The van der Waals surface area contributed by atoms with Crippen LogP contribution in [0.25, 0.3) is 21.6 Å². The molecule has 12 heteroatoms. The van der Waals surface area contributed by atoms with Gasteiger partial charge in [0.25, 0.3) is 5.91 Å². The smallest absolute Gasteiger partial charge is 0.272 e. The van der Waals surface area contributed by atoms with E-state index in [1.54, 1.807) is 18.5 Å². The normalized spacial score (nSPS) is 22.8. The SMILES string of the molecule is CC(=O)N1CCC(Nc2cc(C(=O)N3C[C@@H](O)C(N4CCc5ccccc5C4)[C@@H](O)C3)nc(-c3cccc4ncsc34)n2)CC1. The summed E-state index contributed by atoms with van der Waals surface area (Å²) in [5.74, 6) is 0.628. The van der Waals surface area contributed by atoms with E-state index < -0.39 is 18.2 Å². The van der Waals surface area contributed by atoms with Crippen LogP contribution >= 0.6 is 11.3 Å². The number of amides is 2. The van der Waals surface area contributed by atoms with Gasteiger partial charge in [-0.3, -0.25) is 14.5 Å². The van der Waals surface area contributed by atoms with Gasteiger partial charge in [0, 0.05) is 63.9 Å². The number of β-amino-alcohol motifs (C(OH)–C–C–N with tert-alkyl or cyclic N) is 2. The van der Waals surface area contributed by atoms with E-state index in [0.29, 0.717) is 31.3 Å². The molecule has 3 N–H and O–H groups in total. The fourth-order valence-electron chi connectivity index (χ4n) is 6.95. The van der Waals surface area contributed by atoms with E-state index >= 15 is 0 Å². The first-order valence-corrected chi connectivity index (χ1v) is 16.4. The number of rotatable bonds is 5. The van der Waals surface area contributed by atoms with Gasteiger partial charge in [0.1, 0.15) is 11.5 Å². The maximum absolute atomic E-state index is 14.0. The van der Waals surface area contributed by atoms with Crippen LogP contribution in [0.15, 0.2) is 54.0 Å². The summed E-state index contributed by atoms with van der Waals surface area (Å²) < 4.78 is 0.928. The van der Waals surface area contributed by atoms with Crippen molar-refractivity contribution in [2.24, 2.45) is 0 Å². The topological polar surface area (TPSA) is 135 Å². The van der Waals surface area contributed by atoms with Gasteiger partial charge in [0.15, 0.2) is 5.82 Å². The predicted octanol–water partition coefficient (Wildman–Crippen LogP) is 2.78. The van der Waals surface area contributed by atoms with E-state index in [0.717, 1.165) is 41.6 Å². The minimum absolute atomic E-state index is 0.0709. The monoisotopic (exact) mass is 627 g/mol. The highest BCUT2D eigenvalue weighted by atomic mass is 32.1. The van der Waals surface area contributed by atoms with E-state index in [-0.39, 0.29) is 36.6 Å². The summed E-state index contributed by atoms with van der Waals surface area (Å²) in [6.45, 7) is 4.48. The molecule has 0 saturated carbocycles. The highest BCUT2D eigenvalue weighted by molar-refractivity contribution is 7.17. The largest absolute Gasteiger partial charge is 0.390 e. The molecule has 0 aliphatic carbocycles. The average Bonchev–Trinajstić information content (AvgIpc) is 3.53. The predicted molar refractivity (Wildman–Crippen MR) is 172 cm³/mol. The second kappa shape index (κ2) is 12.4. The number of thiazole rings is 1. The molecule has 234 valence electrons. The van der Waals surface area contributed by atoms with Crippen molar-refractivity contribution in [2.75, 3.05) is 38.0 Å². The number of fused-ring (bicyclic) bond motifs is 2. The Morgan fingerprint density at radius 2 is 1.69 bits per heavy atom. The Hall–Kier alpha value is -3.97. The number of hydrogen-bond acceptors (Lipinski definition) is 10. The molecule has 11 nitrogen and oxygen atoms in total. The molecule has 0 radical (unpaired) electrons. The Morgan fingerprint density at radius 1 is 0.933 bits per heavy atom. The summed E-state index contributed by atoms with van der Waals surface area (Å²) in [4.78, 5) is 45.3. The maximum atomic E-state index is 14.0. The minimum atomic E-state index is -0.917. The second-order valence-electron chi connectivity index (χ2n) is 12.2. The first-order chi connectivity index (χ1) is 21.8. The molecule has 3 aliphatic rings. The number of benzene rings is 2. The van der Waals surface area contributed by atoms with Crippen LogP contribution < -0.4 is 5.32 Å². The van der Waals surface area contributed by atoms with Crippen LogP contribution in [0.2, 0.25) is 0 Å². The molecule has 4 aromatic rings. The number of hydrogen-bond donors (Lipinski definition) is 3. The van der Waals surface area contributed by atoms with Crippen LogP contribution in [-0.4, -0.2) is 109 Å². The number of aliphatic hydroxyl groups excluding tert-OH is 2. The van der Waals surface area contributed by atoms with Gasteiger partial charge in [-0.15, -0.1) is 11.3 Å². The highest BCUT2D eigenvalue weighted by Crippen LogP contribution is 2.31. The van der Waals surface area contributed by atoms with E-state index in [9.17, 15) is 19.8 Å². The molecule has 2 aromatic carbocycles. The van der Waals surface area contributed by atoms with Crippen molar-refractivity contribution in [1.82, 2.24) is 29.7 Å². The summed E-state index contributed by atoms with van der Waals surface area (Å²) in [5, 5.41) is 26.1. The van der Waals surface area contributed by atoms with Gasteiger partial charge >= 0.3 is 0 Å². The van der Waals surface area contributed by atoms with E-state index in [2.05, 4.69) is 27.3 Å². The third-order valence-electron chi connectivity index (χ3n) is 9.31. The Kier molecular flexibility index (Phi) is 8.21. The highest BCUT2D eigenvalue weighted by Gasteiger charge is 2.41. The van der Waals surface area contributed by atoms with Gasteiger partial charge in [0.2, 0.25) is 5.91 Å². The summed E-state index contributed by atoms with van der Waals surface area (Å²) in [7, 11) is 0. The number of aromatic nitrogens is 3. The molecular formula is C33H37N7O4S. The molecule has 2 saturated heterocycles. The molecule has 3 aliphatic heterocycles. The van der Waals surface area contributed by atoms with Crippen LogP contribution in [0.1, 0.15) is 41.4 Å². The van der Waals surface area contributed by atoms with Gasteiger partial charge in [-0.05, 0) is 42.5 Å². The first-order valence-electron chi connectivity index (χ1n) is 15.5. The minimum Gasteiger partial charge on any atom is -0.390 e. The number of aliphatic hydroxyl groups is 2. The molecule has 2 fully saturated rings. The van der Waals surface area contributed by atoms with Gasteiger partial charge in [-0.1, -0.05) is 30.3 Å². The fraction of sp³-hybridized carbons (Fsp3) is 0.424. The van der Waals surface area contributed by atoms with Crippen molar-refractivity contribution in [2.45, 2.75) is 57.0 Å².